The summed E-state index contributed by atoms with van der Waals surface area (Å²) in [6.45, 7) is 0.497. The molecule has 1 heterocycles. The van der Waals surface area contributed by atoms with Gasteiger partial charge in [-0.1, -0.05) is 6.07 Å². The normalized spacial score (nSPS) is 14.8. The maximum absolute atomic E-state index is 13.3. The molecule has 1 aromatic carbocycles. The topological polar surface area (TPSA) is 70.4 Å². The molecule has 1 aliphatic heterocycles. The highest BCUT2D eigenvalue weighted by Gasteiger charge is 2.21. The number of hydrogen-bond donors (Lipinski definition) is 0. The molecule has 0 aliphatic carbocycles. The number of nitriles is 1. The summed E-state index contributed by atoms with van der Waals surface area (Å²) in [6.07, 6.45) is 0.713. The zero-order chi connectivity index (χ0) is 14.5. The second-order valence-corrected chi connectivity index (χ2v) is 4.43. The summed E-state index contributed by atoms with van der Waals surface area (Å²) >= 11 is 0. The average molecular weight is 276 g/mol. The maximum Gasteiger partial charge on any atom is 0.260 e. The zero-order valence-corrected chi connectivity index (χ0v) is 10.8. The van der Waals surface area contributed by atoms with Crippen LogP contribution in [0.4, 0.5) is 4.39 Å². The molecule has 0 unspecified atom stereocenters. The molecule has 2 rings (SSSR count). The van der Waals surface area contributed by atoms with Crippen LogP contribution in [0.3, 0.4) is 0 Å². The number of Topliss-reactive ketones (excluding diaryl/α,β-unsaturated/α-hetero) is 1. The van der Waals surface area contributed by atoms with E-state index >= 15 is 0 Å². The van der Waals surface area contributed by atoms with Crippen molar-refractivity contribution in [3.63, 3.8) is 0 Å². The third-order valence-corrected chi connectivity index (χ3v) is 3.11. The van der Waals surface area contributed by atoms with Crippen LogP contribution in [0.1, 0.15) is 18.4 Å². The number of likely N-dealkylation sites (tertiary alicyclic amines) is 1. The summed E-state index contributed by atoms with van der Waals surface area (Å²) in [5, 5.41) is 8.84. The van der Waals surface area contributed by atoms with E-state index in [1.54, 1.807) is 6.07 Å². The fraction of sp³-hybridized carbons (Fsp3) is 0.357. The maximum atomic E-state index is 13.3. The SMILES string of the molecule is N#Cc1c(F)cccc1OCC(=O)N1CCC(=O)CC1. The highest BCUT2D eigenvalue weighted by atomic mass is 19.1. The van der Waals surface area contributed by atoms with E-state index in [0.717, 1.165) is 6.07 Å². The van der Waals surface area contributed by atoms with E-state index in [2.05, 4.69) is 0 Å². The van der Waals surface area contributed by atoms with E-state index < -0.39 is 5.82 Å². The number of piperidine rings is 1. The lowest BCUT2D eigenvalue weighted by atomic mass is 10.1. The Kier molecular flexibility index (Phi) is 4.31. The molecule has 1 aromatic rings. The molecule has 0 bridgehead atoms. The molecule has 0 saturated carbocycles. The molecule has 104 valence electrons. The van der Waals surface area contributed by atoms with Crippen molar-refractivity contribution in [2.75, 3.05) is 19.7 Å². The van der Waals surface area contributed by atoms with Gasteiger partial charge in [0.2, 0.25) is 0 Å². The van der Waals surface area contributed by atoms with E-state index in [-0.39, 0.29) is 29.6 Å². The van der Waals surface area contributed by atoms with Crippen molar-refractivity contribution in [3.8, 4) is 11.8 Å². The first-order chi connectivity index (χ1) is 9.61. The molecular formula is C14H13FN2O3. The Morgan fingerprint density at radius 1 is 1.40 bits per heavy atom. The van der Waals surface area contributed by atoms with Crippen molar-refractivity contribution < 1.29 is 18.7 Å². The van der Waals surface area contributed by atoms with Gasteiger partial charge in [0, 0.05) is 25.9 Å². The smallest absolute Gasteiger partial charge is 0.260 e. The fourth-order valence-corrected chi connectivity index (χ4v) is 1.97. The minimum absolute atomic E-state index is 0.0499. The Morgan fingerprint density at radius 3 is 2.75 bits per heavy atom. The van der Waals surface area contributed by atoms with Crippen LogP contribution >= 0.6 is 0 Å². The first-order valence-electron chi connectivity index (χ1n) is 6.22. The summed E-state index contributed by atoms with van der Waals surface area (Å²) in [5.74, 6) is -0.757. The first-order valence-corrected chi connectivity index (χ1v) is 6.22. The molecule has 0 atom stereocenters. The number of nitrogens with zero attached hydrogens (tertiary/aromatic N) is 2. The van der Waals surface area contributed by atoms with Crippen molar-refractivity contribution in [3.05, 3.63) is 29.6 Å². The van der Waals surface area contributed by atoms with Gasteiger partial charge in [-0.15, -0.1) is 0 Å². The highest BCUT2D eigenvalue weighted by Crippen LogP contribution is 2.20. The molecule has 0 aromatic heterocycles. The minimum Gasteiger partial charge on any atom is -0.482 e. The standard InChI is InChI=1S/C14H13FN2O3/c15-12-2-1-3-13(11(12)8-16)20-9-14(19)17-6-4-10(18)5-7-17/h1-3H,4-7,9H2. The largest absolute Gasteiger partial charge is 0.482 e. The van der Waals surface area contributed by atoms with Gasteiger partial charge >= 0.3 is 0 Å². The van der Waals surface area contributed by atoms with Gasteiger partial charge in [0.1, 0.15) is 29.0 Å². The van der Waals surface area contributed by atoms with Crippen molar-refractivity contribution >= 4 is 11.7 Å². The monoisotopic (exact) mass is 276 g/mol. The summed E-state index contributed by atoms with van der Waals surface area (Å²) in [5.41, 5.74) is -0.214. The van der Waals surface area contributed by atoms with Crippen molar-refractivity contribution in [2.45, 2.75) is 12.8 Å². The van der Waals surface area contributed by atoms with Gasteiger partial charge in [-0.05, 0) is 12.1 Å². The van der Waals surface area contributed by atoms with E-state index in [0.29, 0.717) is 25.9 Å². The number of carbonyl (C=O) groups excluding carboxylic acids is 2. The number of amides is 1. The molecule has 1 fully saturated rings. The predicted octanol–water partition coefficient (Wildman–Crippen LogP) is 1.27. The third kappa shape index (κ3) is 3.12. The van der Waals surface area contributed by atoms with Crippen LogP contribution in [0.5, 0.6) is 5.75 Å². The second kappa shape index (κ2) is 6.15. The van der Waals surface area contributed by atoms with Gasteiger partial charge in [0.25, 0.3) is 5.91 Å². The molecule has 1 aliphatic rings. The van der Waals surface area contributed by atoms with Crippen LogP contribution in [0.15, 0.2) is 18.2 Å². The Bertz CT molecular complexity index is 570. The van der Waals surface area contributed by atoms with Crippen molar-refractivity contribution in [2.24, 2.45) is 0 Å². The zero-order valence-electron chi connectivity index (χ0n) is 10.8. The van der Waals surface area contributed by atoms with Crippen LogP contribution in [0, 0.1) is 17.1 Å². The van der Waals surface area contributed by atoms with E-state index in [1.165, 1.54) is 17.0 Å². The number of ketones is 1. The van der Waals surface area contributed by atoms with Crippen LogP contribution in [-0.4, -0.2) is 36.3 Å². The molecule has 20 heavy (non-hydrogen) atoms. The quantitative estimate of drug-likeness (QED) is 0.833. The third-order valence-electron chi connectivity index (χ3n) is 3.11. The predicted molar refractivity (Wildman–Crippen MR) is 67.4 cm³/mol. The van der Waals surface area contributed by atoms with E-state index in [1.807, 2.05) is 0 Å². The number of rotatable bonds is 3. The molecule has 1 amide bonds. The Hall–Kier alpha value is -2.42. The van der Waals surface area contributed by atoms with Gasteiger partial charge in [0.05, 0.1) is 0 Å². The fourth-order valence-electron chi connectivity index (χ4n) is 1.97. The van der Waals surface area contributed by atoms with Crippen molar-refractivity contribution in [1.29, 1.82) is 5.26 Å². The molecule has 0 radical (unpaired) electrons. The Morgan fingerprint density at radius 2 is 2.10 bits per heavy atom. The molecule has 0 N–H and O–H groups in total. The number of hydrogen-bond acceptors (Lipinski definition) is 4. The summed E-state index contributed by atoms with van der Waals surface area (Å²) in [6, 6.07) is 5.71. The highest BCUT2D eigenvalue weighted by molar-refractivity contribution is 5.84. The average Bonchev–Trinajstić information content (AvgIpc) is 2.45. The summed E-state index contributed by atoms with van der Waals surface area (Å²) < 4.78 is 18.5. The first kappa shape index (κ1) is 14.0. The van der Waals surface area contributed by atoms with Crippen LogP contribution in [-0.2, 0) is 9.59 Å². The number of carbonyl (C=O) groups is 2. The van der Waals surface area contributed by atoms with Gasteiger partial charge in [-0.2, -0.15) is 5.26 Å². The molecule has 1 saturated heterocycles. The van der Waals surface area contributed by atoms with E-state index in [4.69, 9.17) is 10.00 Å². The number of benzene rings is 1. The van der Waals surface area contributed by atoms with Gasteiger partial charge in [0.15, 0.2) is 6.61 Å². The number of halogens is 1. The minimum atomic E-state index is -0.680. The van der Waals surface area contributed by atoms with E-state index in [9.17, 15) is 14.0 Å². The second-order valence-electron chi connectivity index (χ2n) is 4.43. The van der Waals surface area contributed by atoms with Gasteiger partial charge in [-0.25, -0.2) is 4.39 Å². The summed E-state index contributed by atoms with van der Waals surface area (Å²) in [4.78, 5) is 24.5. The van der Waals surface area contributed by atoms with Crippen molar-refractivity contribution in [1.82, 2.24) is 4.90 Å². The lowest BCUT2D eigenvalue weighted by Gasteiger charge is -2.26. The lowest BCUT2D eigenvalue weighted by molar-refractivity contribution is -0.136. The van der Waals surface area contributed by atoms with Gasteiger partial charge < -0.3 is 9.64 Å². The summed E-state index contributed by atoms with van der Waals surface area (Å²) in [7, 11) is 0. The Labute approximate surface area is 115 Å². The molecular weight excluding hydrogens is 263 g/mol. The van der Waals surface area contributed by atoms with Crippen LogP contribution in [0.25, 0.3) is 0 Å². The van der Waals surface area contributed by atoms with Crippen LogP contribution in [0.2, 0.25) is 0 Å². The van der Waals surface area contributed by atoms with Gasteiger partial charge in [-0.3, -0.25) is 9.59 Å². The van der Waals surface area contributed by atoms with Crippen LogP contribution < -0.4 is 4.74 Å². The molecule has 5 nitrogen and oxygen atoms in total. The lowest BCUT2D eigenvalue weighted by Crippen LogP contribution is -2.41. The number of ether oxygens (including phenoxy) is 1. The molecule has 0 spiro atoms. The Balaban J connectivity index is 1.96. The molecule has 6 heteroatoms.